The molecule has 1 saturated heterocycles. The first-order valence-corrected chi connectivity index (χ1v) is 7.39. The van der Waals surface area contributed by atoms with Gasteiger partial charge in [-0.15, -0.1) is 23.7 Å². The molecule has 0 spiro atoms. The molecule has 1 fully saturated rings. The largest absolute Gasteiger partial charge is 0.314 e. The fourth-order valence-electron chi connectivity index (χ4n) is 2.46. The van der Waals surface area contributed by atoms with E-state index in [1.807, 2.05) is 13.8 Å². The van der Waals surface area contributed by atoms with Gasteiger partial charge >= 0.3 is 0 Å². The fourth-order valence-corrected chi connectivity index (χ4v) is 3.50. The molecule has 3 heterocycles. The van der Waals surface area contributed by atoms with Gasteiger partial charge in [0.1, 0.15) is 10.7 Å². The number of hydrogen-bond donors (Lipinski definition) is 2. The van der Waals surface area contributed by atoms with Crippen LogP contribution in [0.25, 0.3) is 10.2 Å². The Kier molecular flexibility index (Phi) is 4.80. The minimum atomic E-state index is -0.00279. The van der Waals surface area contributed by atoms with Crippen LogP contribution in [-0.2, 0) is 6.54 Å². The Bertz CT molecular complexity index is 660. The highest BCUT2D eigenvalue weighted by Gasteiger charge is 2.15. The summed E-state index contributed by atoms with van der Waals surface area (Å²) in [5.74, 6) is 0.778. The van der Waals surface area contributed by atoms with Gasteiger partial charge in [-0.25, -0.2) is 4.98 Å². The van der Waals surface area contributed by atoms with E-state index in [0.717, 1.165) is 54.3 Å². The Hall–Kier alpha value is -0.950. The molecule has 0 bridgehead atoms. The summed E-state index contributed by atoms with van der Waals surface area (Å²) in [6, 6.07) is 0. The van der Waals surface area contributed by atoms with Crippen molar-refractivity contribution in [3.05, 3.63) is 26.6 Å². The molecule has 2 aromatic rings. The summed E-state index contributed by atoms with van der Waals surface area (Å²) >= 11 is 1.61. The molecule has 2 N–H and O–H groups in total. The van der Waals surface area contributed by atoms with Gasteiger partial charge < -0.3 is 10.3 Å². The highest BCUT2D eigenvalue weighted by atomic mass is 35.5. The maximum atomic E-state index is 12.2. The van der Waals surface area contributed by atoms with E-state index >= 15 is 0 Å². The molecule has 110 valence electrons. The number of aromatic nitrogens is 2. The van der Waals surface area contributed by atoms with Gasteiger partial charge in [0.15, 0.2) is 0 Å². The lowest BCUT2D eigenvalue weighted by Crippen LogP contribution is -2.43. The summed E-state index contributed by atoms with van der Waals surface area (Å²) < 4.78 is 0. The average Bonchev–Trinajstić information content (AvgIpc) is 2.66. The summed E-state index contributed by atoms with van der Waals surface area (Å²) in [4.78, 5) is 24.0. The van der Waals surface area contributed by atoms with Crippen LogP contribution in [0.5, 0.6) is 0 Å². The van der Waals surface area contributed by atoms with E-state index in [-0.39, 0.29) is 18.0 Å². The summed E-state index contributed by atoms with van der Waals surface area (Å²) in [6.07, 6.45) is 0. The Morgan fingerprint density at radius 1 is 1.30 bits per heavy atom. The molecule has 1 aliphatic rings. The SMILES string of the molecule is Cc1sc2nc(CN3CCNCC3)[nH]c(=O)c2c1C.Cl. The molecule has 0 saturated carbocycles. The predicted molar refractivity (Wildman–Crippen MR) is 85.1 cm³/mol. The molecule has 0 aliphatic carbocycles. The van der Waals surface area contributed by atoms with E-state index in [4.69, 9.17) is 0 Å². The summed E-state index contributed by atoms with van der Waals surface area (Å²) in [7, 11) is 0. The van der Waals surface area contributed by atoms with Gasteiger partial charge in [-0.1, -0.05) is 0 Å². The van der Waals surface area contributed by atoms with Crippen LogP contribution in [-0.4, -0.2) is 41.0 Å². The number of aryl methyl sites for hydroxylation is 2. The van der Waals surface area contributed by atoms with Crippen LogP contribution in [0.4, 0.5) is 0 Å². The van der Waals surface area contributed by atoms with Gasteiger partial charge in [0.05, 0.1) is 11.9 Å². The molecule has 5 nitrogen and oxygen atoms in total. The number of piperazine rings is 1. The zero-order chi connectivity index (χ0) is 13.4. The quantitative estimate of drug-likeness (QED) is 0.880. The molecular weight excluding hydrogens is 296 g/mol. The van der Waals surface area contributed by atoms with E-state index in [0.29, 0.717) is 0 Å². The van der Waals surface area contributed by atoms with Crippen LogP contribution >= 0.6 is 23.7 Å². The summed E-state index contributed by atoms with van der Waals surface area (Å²) in [5.41, 5.74) is 1.06. The summed E-state index contributed by atoms with van der Waals surface area (Å²) in [6.45, 7) is 8.77. The maximum absolute atomic E-state index is 12.2. The van der Waals surface area contributed by atoms with E-state index < -0.39 is 0 Å². The summed E-state index contributed by atoms with van der Waals surface area (Å²) in [5, 5.41) is 4.08. The second-order valence-corrected chi connectivity index (χ2v) is 6.21. The van der Waals surface area contributed by atoms with Gasteiger partial charge in [-0.2, -0.15) is 0 Å². The molecule has 0 atom stereocenters. The highest BCUT2D eigenvalue weighted by molar-refractivity contribution is 7.18. The molecule has 0 amide bonds. The minimum absolute atomic E-state index is 0. The number of aromatic amines is 1. The van der Waals surface area contributed by atoms with Crippen molar-refractivity contribution in [2.45, 2.75) is 20.4 Å². The van der Waals surface area contributed by atoms with E-state index in [1.54, 1.807) is 11.3 Å². The Morgan fingerprint density at radius 2 is 2.00 bits per heavy atom. The number of hydrogen-bond acceptors (Lipinski definition) is 5. The van der Waals surface area contributed by atoms with Gasteiger partial charge in [-0.3, -0.25) is 9.69 Å². The minimum Gasteiger partial charge on any atom is -0.314 e. The third-order valence-electron chi connectivity index (χ3n) is 3.67. The molecule has 7 heteroatoms. The van der Waals surface area contributed by atoms with Gasteiger partial charge in [-0.05, 0) is 19.4 Å². The van der Waals surface area contributed by atoms with E-state index in [1.165, 1.54) is 4.88 Å². The Morgan fingerprint density at radius 3 is 2.70 bits per heavy atom. The monoisotopic (exact) mass is 314 g/mol. The first-order valence-electron chi connectivity index (χ1n) is 6.57. The highest BCUT2D eigenvalue weighted by Crippen LogP contribution is 2.25. The number of halogens is 1. The molecule has 2 aromatic heterocycles. The van der Waals surface area contributed by atoms with E-state index in [2.05, 4.69) is 20.2 Å². The van der Waals surface area contributed by atoms with Crippen LogP contribution in [0.3, 0.4) is 0 Å². The third-order valence-corrected chi connectivity index (χ3v) is 4.77. The first-order chi connectivity index (χ1) is 9.15. The molecule has 0 radical (unpaired) electrons. The standard InChI is InChI=1S/C13H18N4OS.ClH/c1-8-9(2)19-13-11(8)12(18)15-10(16-13)7-17-5-3-14-4-6-17;/h14H,3-7H2,1-2H3,(H,15,16,18);1H. The maximum Gasteiger partial charge on any atom is 0.259 e. The normalized spacial score (nSPS) is 16.3. The van der Waals surface area contributed by atoms with Crippen LogP contribution in [0.1, 0.15) is 16.3 Å². The van der Waals surface area contributed by atoms with Crippen molar-refractivity contribution >= 4 is 34.0 Å². The van der Waals surface area contributed by atoms with Gasteiger partial charge in [0.2, 0.25) is 0 Å². The third kappa shape index (κ3) is 2.88. The lowest BCUT2D eigenvalue weighted by Gasteiger charge is -2.26. The van der Waals surface area contributed by atoms with Crippen LogP contribution in [0, 0.1) is 13.8 Å². The molecule has 0 aromatic carbocycles. The molecule has 20 heavy (non-hydrogen) atoms. The zero-order valence-electron chi connectivity index (χ0n) is 11.7. The van der Waals surface area contributed by atoms with Crippen molar-refractivity contribution in [2.75, 3.05) is 26.2 Å². The average molecular weight is 315 g/mol. The second kappa shape index (κ2) is 6.22. The lowest BCUT2D eigenvalue weighted by atomic mass is 10.2. The van der Waals surface area contributed by atoms with Gasteiger partial charge in [0.25, 0.3) is 5.56 Å². The number of rotatable bonds is 2. The van der Waals surface area contributed by atoms with Crippen LogP contribution < -0.4 is 10.9 Å². The van der Waals surface area contributed by atoms with Crippen molar-refractivity contribution in [2.24, 2.45) is 0 Å². The predicted octanol–water partition coefficient (Wildman–Crippen LogP) is 1.43. The van der Waals surface area contributed by atoms with Crippen molar-refractivity contribution in [3.8, 4) is 0 Å². The molecule has 0 unspecified atom stereocenters. The zero-order valence-corrected chi connectivity index (χ0v) is 13.3. The topological polar surface area (TPSA) is 61.0 Å². The molecular formula is C13H19ClN4OS. The number of nitrogens with zero attached hydrogens (tertiary/aromatic N) is 2. The Balaban J connectivity index is 0.00000147. The number of fused-ring (bicyclic) bond motifs is 1. The van der Waals surface area contributed by atoms with Crippen molar-refractivity contribution in [1.29, 1.82) is 0 Å². The Labute approximate surface area is 127 Å². The van der Waals surface area contributed by atoms with Crippen LogP contribution in [0.15, 0.2) is 4.79 Å². The van der Waals surface area contributed by atoms with Crippen molar-refractivity contribution in [1.82, 2.24) is 20.2 Å². The van der Waals surface area contributed by atoms with Crippen molar-refractivity contribution in [3.63, 3.8) is 0 Å². The first kappa shape index (κ1) is 15.4. The van der Waals surface area contributed by atoms with Gasteiger partial charge in [0, 0.05) is 31.1 Å². The fraction of sp³-hybridized carbons (Fsp3) is 0.538. The number of thiophene rings is 1. The van der Waals surface area contributed by atoms with Crippen LogP contribution in [0.2, 0.25) is 0 Å². The second-order valence-electron chi connectivity index (χ2n) is 5.00. The van der Waals surface area contributed by atoms with Crippen molar-refractivity contribution < 1.29 is 0 Å². The lowest BCUT2D eigenvalue weighted by molar-refractivity contribution is 0.228. The smallest absolute Gasteiger partial charge is 0.259 e. The number of nitrogens with one attached hydrogen (secondary N) is 2. The van der Waals surface area contributed by atoms with E-state index in [9.17, 15) is 4.79 Å². The molecule has 3 rings (SSSR count). The number of H-pyrrole nitrogens is 1. The molecule has 1 aliphatic heterocycles.